The Labute approximate surface area is 192 Å². The molecule has 4 rings (SSSR count). The molecule has 0 saturated carbocycles. The number of aryl methyl sites for hydroxylation is 1. The molecule has 0 spiro atoms. The molecule has 0 radical (unpaired) electrons. The Morgan fingerprint density at radius 3 is 2.62 bits per heavy atom. The second kappa shape index (κ2) is 8.99. The fourth-order valence-electron chi connectivity index (χ4n) is 3.49. The summed E-state index contributed by atoms with van der Waals surface area (Å²) in [6.07, 6.45) is 3.99. The van der Waals surface area contributed by atoms with Gasteiger partial charge in [-0.05, 0) is 35.2 Å². The molecular weight excluding hydrogens is 470 g/mol. The highest BCUT2D eigenvalue weighted by Gasteiger charge is 2.24. The van der Waals surface area contributed by atoms with Gasteiger partial charge in [-0.25, -0.2) is 13.2 Å². The molecule has 10 heteroatoms. The van der Waals surface area contributed by atoms with E-state index in [1.54, 1.807) is 42.7 Å². The Hall–Kier alpha value is -2.79. The second-order valence-corrected chi connectivity index (χ2v) is 10.6. The maximum Gasteiger partial charge on any atom is 0.335 e. The summed E-state index contributed by atoms with van der Waals surface area (Å²) in [7, 11) is -2.67. The predicted octanol–water partition coefficient (Wildman–Crippen LogP) is 4.22. The average molecular weight is 490 g/mol. The molecule has 0 bridgehead atoms. The number of nitrogens with zero attached hydrogens (tertiary/aromatic N) is 1. The number of carbonyl (C=O) groups is 1. The van der Waals surface area contributed by atoms with Crippen molar-refractivity contribution >= 4 is 71.2 Å². The van der Waals surface area contributed by atoms with Gasteiger partial charge >= 0.3 is 5.97 Å². The molecule has 0 unspecified atom stereocenters. The number of aromatic nitrogens is 1. The van der Waals surface area contributed by atoms with E-state index >= 15 is 0 Å². The van der Waals surface area contributed by atoms with Crippen LogP contribution in [0.2, 0.25) is 0 Å². The number of thiazole rings is 1. The zero-order chi connectivity index (χ0) is 22.9. The first-order valence-electron chi connectivity index (χ1n) is 9.62. The number of aromatic carboxylic acids is 1. The van der Waals surface area contributed by atoms with Crippen molar-refractivity contribution in [3.63, 3.8) is 0 Å². The Bertz CT molecular complexity index is 1430. The van der Waals surface area contributed by atoms with Crippen LogP contribution in [0.4, 0.5) is 0 Å². The molecular formula is C22H19NO6S3. The van der Waals surface area contributed by atoms with Gasteiger partial charge < -0.3 is 14.4 Å². The van der Waals surface area contributed by atoms with Crippen LogP contribution in [0.15, 0.2) is 41.8 Å². The highest BCUT2D eigenvalue weighted by Crippen LogP contribution is 2.38. The highest BCUT2D eigenvalue weighted by atomic mass is 32.2. The zero-order valence-electron chi connectivity index (χ0n) is 17.0. The number of ether oxygens (including phenoxy) is 1. The number of fused-ring (bicyclic) bond motifs is 3. The maximum atomic E-state index is 11.1. The summed E-state index contributed by atoms with van der Waals surface area (Å²) in [6.45, 7) is 0.373. The molecule has 1 N–H and O–H groups in total. The quantitative estimate of drug-likeness (QED) is 0.293. The van der Waals surface area contributed by atoms with Gasteiger partial charge in [-0.15, -0.1) is 11.3 Å². The second-order valence-electron chi connectivity index (χ2n) is 7.06. The Morgan fingerprint density at radius 1 is 1.22 bits per heavy atom. The van der Waals surface area contributed by atoms with Crippen molar-refractivity contribution in [2.24, 2.45) is 0 Å². The summed E-state index contributed by atoms with van der Waals surface area (Å²) >= 11 is 3.12. The molecule has 2 heterocycles. The summed E-state index contributed by atoms with van der Waals surface area (Å²) in [4.78, 5) is 11.0. The van der Waals surface area contributed by atoms with Crippen molar-refractivity contribution in [3.8, 4) is 5.75 Å². The number of benzene rings is 2. The van der Waals surface area contributed by atoms with Gasteiger partial charge in [0.15, 0.2) is 6.54 Å². The molecule has 0 aliphatic carbocycles. The third-order valence-electron chi connectivity index (χ3n) is 4.96. The number of rotatable bonds is 8. The number of hydrogen-bond acceptors (Lipinski definition) is 7. The lowest BCUT2D eigenvalue weighted by molar-refractivity contribution is -0.667. The average Bonchev–Trinajstić information content (AvgIpc) is 3.35. The molecule has 32 heavy (non-hydrogen) atoms. The van der Waals surface area contributed by atoms with E-state index < -0.39 is 21.8 Å². The van der Waals surface area contributed by atoms with Crippen LogP contribution >= 0.6 is 22.7 Å². The largest absolute Gasteiger partial charge is 0.748 e. The van der Waals surface area contributed by atoms with E-state index in [0.29, 0.717) is 6.54 Å². The van der Waals surface area contributed by atoms with Crippen molar-refractivity contribution in [1.82, 2.24) is 0 Å². The minimum Gasteiger partial charge on any atom is -0.748 e. The number of carboxylic acid groups (broad SMARTS) is 1. The number of carboxylic acids is 1. The molecule has 0 amide bonds. The fourth-order valence-corrected chi connectivity index (χ4v) is 6.14. The number of hydrogen-bond donors (Lipinski definition) is 1. The topological polar surface area (TPSA) is 108 Å². The van der Waals surface area contributed by atoms with E-state index in [1.165, 1.54) is 11.3 Å². The van der Waals surface area contributed by atoms with E-state index in [1.807, 2.05) is 34.2 Å². The smallest absolute Gasteiger partial charge is 0.335 e. The van der Waals surface area contributed by atoms with Crippen molar-refractivity contribution in [2.45, 2.75) is 13.0 Å². The van der Waals surface area contributed by atoms with E-state index in [4.69, 9.17) is 9.84 Å². The molecule has 0 aliphatic heterocycles. The van der Waals surface area contributed by atoms with Crippen LogP contribution in [-0.2, 0) is 16.7 Å². The van der Waals surface area contributed by atoms with E-state index in [2.05, 4.69) is 0 Å². The van der Waals surface area contributed by atoms with E-state index in [9.17, 15) is 17.8 Å². The first-order valence-corrected chi connectivity index (χ1v) is 12.9. The third-order valence-corrected chi connectivity index (χ3v) is 7.77. The Morgan fingerprint density at radius 2 is 1.97 bits per heavy atom. The lowest BCUT2D eigenvalue weighted by Gasteiger charge is -2.05. The van der Waals surface area contributed by atoms with Crippen molar-refractivity contribution in [3.05, 3.63) is 57.9 Å². The van der Waals surface area contributed by atoms with E-state index in [0.717, 1.165) is 36.6 Å². The van der Waals surface area contributed by atoms with Gasteiger partial charge in [-0.2, -0.15) is 4.57 Å². The molecule has 0 saturated heterocycles. The molecule has 0 aliphatic rings. The summed E-state index contributed by atoms with van der Waals surface area (Å²) in [5.74, 6) is -0.643. The molecule has 7 nitrogen and oxygen atoms in total. The first-order chi connectivity index (χ1) is 15.3. The molecule has 2 aromatic carbocycles. The first kappa shape index (κ1) is 22.4. The SMILES string of the molecule is COc1cc2sc(C=Cc3ccc(C(=O)O)cc3)[n+](CCCS(=O)(=O)[O-])c2c2sccc12. The van der Waals surface area contributed by atoms with Crippen LogP contribution < -0.4 is 9.30 Å². The van der Waals surface area contributed by atoms with Crippen LogP contribution in [0.25, 0.3) is 32.5 Å². The van der Waals surface area contributed by atoms with Gasteiger partial charge in [0.05, 0.1) is 22.8 Å². The molecule has 0 fully saturated rings. The van der Waals surface area contributed by atoms with Crippen LogP contribution in [0.3, 0.4) is 0 Å². The minimum absolute atomic E-state index is 0.204. The van der Waals surface area contributed by atoms with Gasteiger partial charge in [-0.3, -0.25) is 0 Å². The molecule has 166 valence electrons. The lowest BCUT2D eigenvalue weighted by atomic mass is 10.1. The van der Waals surface area contributed by atoms with Crippen LogP contribution in [0.5, 0.6) is 5.75 Å². The van der Waals surface area contributed by atoms with Gasteiger partial charge in [0.25, 0.3) is 5.01 Å². The van der Waals surface area contributed by atoms with Crippen molar-refractivity contribution < 1.29 is 32.2 Å². The standard InChI is InChI=1S/C22H19NO6S3/c1-29-17-13-18-20(21-16(17)9-11-30-21)23(10-2-12-32(26,27)28)19(31-18)8-5-14-3-6-15(7-4-14)22(24)25/h3-9,11,13H,2,10,12H2,1H3,(H-,24,25,26,27,28). The van der Waals surface area contributed by atoms with Gasteiger partial charge in [-0.1, -0.05) is 23.5 Å². The molecule has 4 aromatic rings. The predicted molar refractivity (Wildman–Crippen MR) is 125 cm³/mol. The number of methoxy groups -OCH3 is 1. The van der Waals surface area contributed by atoms with Crippen molar-refractivity contribution in [2.75, 3.05) is 12.9 Å². The summed E-state index contributed by atoms with van der Waals surface area (Å²) in [5, 5.41) is 12.9. The maximum absolute atomic E-state index is 11.1. The van der Waals surface area contributed by atoms with Crippen LogP contribution in [0, 0.1) is 0 Å². The Kier molecular flexibility index (Phi) is 6.29. The minimum atomic E-state index is -4.30. The van der Waals surface area contributed by atoms with Gasteiger partial charge in [0.2, 0.25) is 5.52 Å². The monoisotopic (exact) mass is 489 g/mol. The van der Waals surface area contributed by atoms with Crippen LogP contribution in [0.1, 0.15) is 27.3 Å². The number of thiophene rings is 1. The zero-order valence-corrected chi connectivity index (χ0v) is 19.4. The summed E-state index contributed by atoms with van der Waals surface area (Å²) in [6, 6.07) is 10.5. The van der Waals surface area contributed by atoms with Crippen molar-refractivity contribution in [1.29, 1.82) is 0 Å². The van der Waals surface area contributed by atoms with Gasteiger partial charge in [0.1, 0.15) is 15.1 Å². The summed E-state index contributed by atoms with van der Waals surface area (Å²) in [5.41, 5.74) is 2.02. The molecule has 2 aromatic heterocycles. The highest BCUT2D eigenvalue weighted by molar-refractivity contribution is 7.85. The van der Waals surface area contributed by atoms with Gasteiger partial charge in [0, 0.05) is 29.7 Å². The Balaban J connectivity index is 1.79. The molecule has 0 atom stereocenters. The fraction of sp³-hybridized carbons (Fsp3) is 0.182. The van der Waals surface area contributed by atoms with Crippen LogP contribution in [-0.4, -0.2) is 36.9 Å². The normalized spacial score (nSPS) is 12.2. The summed E-state index contributed by atoms with van der Waals surface area (Å²) < 4.78 is 43.0. The third kappa shape index (κ3) is 4.68. The lowest BCUT2D eigenvalue weighted by Crippen LogP contribution is -2.36. The van der Waals surface area contributed by atoms with E-state index in [-0.39, 0.29) is 12.0 Å².